The van der Waals surface area contributed by atoms with Gasteiger partial charge in [0.25, 0.3) is 0 Å². The van der Waals surface area contributed by atoms with Crippen LogP contribution in [0.15, 0.2) is 103 Å². The number of halogens is 2. The zero-order chi connectivity index (χ0) is 88.8. The number of aliphatic hydroxyl groups excluding tert-OH is 7. The summed E-state index contributed by atoms with van der Waals surface area (Å²) in [7, 11) is 0. The van der Waals surface area contributed by atoms with E-state index in [1.807, 2.05) is 13.8 Å². The predicted molar refractivity (Wildman–Crippen MR) is 442 cm³/mol. The number of amides is 6. The number of carbonyl (C=O) groups excluding carboxylic acids is 9. The third kappa shape index (κ3) is 19.5. The minimum absolute atomic E-state index is 0.0305. The maximum absolute atomic E-state index is 16.8. The van der Waals surface area contributed by atoms with E-state index < -0.39 is 234 Å². The number of imide groups is 1. The molecule has 0 spiro atoms. The number of nitrogens with two attached hydrogens (primary N) is 1. The molecule has 7 aliphatic heterocycles. The van der Waals surface area contributed by atoms with Crippen LogP contribution in [0.5, 0.6) is 51.7 Å². The number of phenolic OH excluding ortho intramolecular Hbond substituents is 3. The highest BCUT2D eigenvalue weighted by Gasteiger charge is 2.53. The number of aromatic hydroxyl groups is 3. The summed E-state index contributed by atoms with van der Waals surface area (Å²) in [6, 6.07) is 13.1. The van der Waals surface area contributed by atoms with E-state index in [0.29, 0.717) is 29.6 Å². The molecular weight excluding hydrogens is 1650 g/mol. The average molecular weight is 1760 g/mol. The van der Waals surface area contributed by atoms with Crippen LogP contribution in [-0.4, -0.2) is 191 Å². The molecule has 18 atom stereocenters. The van der Waals surface area contributed by atoms with Gasteiger partial charge in [0.05, 0.1) is 53.7 Å². The van der Waals surface area contributed by atoms with E-state index in [1.165, 1.54) is 80.6 Å². The molecule has 124 heavy (non-hydrogen) atoms. The molecule has 32 nitrogen and oxygen atoms in total. The van der Waals surface area contributed by atoms with Crippen LogP contribution in [-0.2, 0) is 63.8 Å². The van der Waals surface area contributed by atoms with Crippen molar-refractivity contribution in [2.75, 3.05) is 19.8 Å². The van der Waals surface area contributed by atoms with E-state index in [4.69, 9.17) is 62.1 Å². The minimum Gasteiger partial charge on any atom is -0.508 e. The van der Waals surface area contributed by atoms with Crippen molar-refractivity contribution in [3.63, 3.8) is 0 Å². The number of aliphatic hydroxyl groups is 7. The lowest BCUT2D eigenvalue weighted by atomic mass is 9.51. The van der Waals surface area contributed by atoms with Gasteiger partial charge in [0, 0.05) is 60.8 Å². The van der Waals surface area contributed by atoms with Crippen LogP contribution in [0.1, 0.15) is 175 Å². The standard InChI is InChI=1S/C90H104Cl2N6O26/c1-6-44(19-39(2)3)85(114)97-76-62(104)29-51(32-71(108)94-70(107)25-41-7-12-53(13-8-41)118-18-17-99)86(115)95-74-50-30-67(120-65-15-10-46(78(76)109)27-58(65)91)82(124-89-83(81(112)80(111)69(38-100)122-89)123-72-37-90(5,93)84(113)40(4)119-72)68(31-50)121-66-16-11-47(28-59(66)92)79(110)77-88(117)96-75(64(106)35-54-48-21-42-20-43(23-48)24-49(54)22-42)57-33-52(101)34-61(103)73(57)56-26-45(9-14-60(56)102)55(36-63(74)105)87(116)98-77/h7-16,26-28,30-31,33-34,39-40,42-44,48-49,51,54-55,69,72,74-81,83-84,89,99-103,109-113H,6,17-25,29,32,35-38,93H2,1-5H3,(H,95,115)(H,96,117)(H,97,114)(H,98,116)(H,94,107,108)/t40-,42?,43?,44+,48?,49?,51-,54?,55+,69+,72-,74+,75-,76-,77-,78+,79+,80+,81-,83+,84+,89-,90-/m0/s1. The molecule has 2 saturated heterocycles. The van der Waals surface area contributed by atoms with Gasteiger partial charge in [-0.2, -0.15) is 0 Å². The highest BCUT2D eigenvalue weighted by molar-refractivity contribution is 6.32. The van der Waals surface area contributed by atoms with Crippen LogP contribution < -0.4 is 51.3 Å². The summed E-state index contributed by atoms with van der Waals surface area (Å²) in [4.78, 5) is 139. The summed E-state index contributed by atoms with van der Waals surface area (Å²) in [6.45, 7) is 7.24. The number of nitrogens with one attached hydrogen (secondary N) is 5. The molecule has 4 aliphatic carbocycles. The fourth-order valence-electron chi connectivity index (χ4n) is 19.3. The molecule has 15 bridgehead atoms. The van der Waals surface area contributed by atoms with Gasteiger partial charge < -0.3 is 111 Å². The first-order valence-electron chi connectivity index (χ1n) is 41.9. The number of rotatable bonds is 20. The fourth-order valence-corrected chi connectivity index (χ4v) is 19.8. The monoisotopic (exact) mass is 1750 g/mol. The smallest absolute Gasteiger partial charge is 0.246 e. The number of hydrogen-bond donors (Lipinski definition) is 16. The lowest BCUT2D eigenvalue weighted by molar-refractivity contribution is -0.333. The zero-order valence-corrected chi connectivity index (χ0v) is 70.3. The second kappa shape index (κ2) is 37.7. The molecule has 6 fully saturated rings. The normalized spacial score (nSPS) is 30.6. The van der Waals surface area contributed by atoms with Crippen molar-refractivity contribution < 1.29 is 127 Å². The second-order valence-corrected chi connectivity index (χ2v) is 35.7. The molecule has 34 heteroatoms. The molecule has 6 aromatic carbocycles. The molecule has 664 valence electrons. The highest BCUT2D eigenvalue weighted by Crippen LogP contribution is 2.59. The van der Waals surface area contributed by atoms with Crippen LogP contribution in [0, 0.1) is 47.3 Å². The quantitative estimate of drug-likeness (QED) is 0.0358. The number of ketones is 3. The SMILES string of the molecule is CC[C@H](CC(C)C)C(=O)N[C@H]1C(=O)C[C@@H](CC(=O)NC(=O)Cc2ccc(OCCO)cc2)C(=O)N[C@H]2C(=O)C[C@H]3C(=O)N[C@H](C(=O)N[C@H](C(=O)CC4C5CC6CC(C5)CC4C6)c4cc(O)cc(O)c4-c4cc3ccc4O)[C@H](O)c3ccc(c(Cl)c3)Oc3cc2cc(c3O[C@@H]2O[C@H](CO)[C@@H](O)[C@H](O)[C@H]2O[C@H]2C[C@](C)(N)[C@H](O)[C@H](C)O2)Oc2ccc(cc2Cl)[C@H]1O. The summed E-state index contributed by atoms with van der Waals surface area (Å²) < 4.78 is 44.7. The Bertz CT molecular complexity index is 5040. The lowest BCUT2D eigenvalue weighted by Gasteiger charge is -2.54. The van der Waals surface area contributed by atoms with Gasteiger partial charge in [-0.25, -0.2) is 0 Å². The van der Waals surface area contributed by atoms with Crippen LogP contribution >= 0.6 is 23.2 Å². The molecule has 0 unspecified atom stereocenters. The molecule has 11 aliphatic rings. The Labute approximate surface area is 723 Å². The number of phenols is 3. The minimum atomic E-state index is -2.26. The van der Waals surface area contributed by atoms with E-state index in [2.05, 4.69) is 26.6 Å². The van der Waals surface area contributed by atoms with Crippen molar-refractivity contribution in [3.05, 3.63) is 147 Å². The van der Waals surface area contributed by atoms with Crippen molar-refractivity contribution in [2.45, 2.75) is 215 Å². The van der Waals surface area contributed by atoms with Crippen molar-refractivity contribution in [1.82, 2.24) is 26.6 Å². The van der Waals surface area contributed by atoms with E-state index in [9.17, 15) is 65.4 Å². The molecule has 6 aromatic rings. The zero-order valence-electron chi connectivity index (χ0n) is 68.7. The molecule has 17 rings (SSSR count). The van der Waals surface area contributed by atoms with E-state index in [1.54, 1.807) is 6.92 Å². The Balaban J connectivity index is 0.959. The average Bonchev–Trinajstić information content (AvgIpc) is 0.754. The summed E-state index contributed by atoms with van der Waals surface area (Å²) in [5, 5.41) is 129. The summed E-state index contributed by atoms with van der Waals surface area (Å²) in [5.74, 6) is -16.9. The maximum Gasteiger partial charge on any atom is 0.246 e. The van der Waals surface area contributed by atoms with Crippen molar-refractivity contribution in [1.29, 1.82) is 0 Å². The number of fused-ring (bicyclic) bond motifs is 15. The Kier molecular flexibility index (Phi) is 27.5. The Hall–Kier alpha value is -9.91. The van der Waals surface area contributed by atoms with Crippen molar-refractivity contribution >= 4 is 76.0 Å². The van der Waals surface area contributed by atoms with Gasteiger partial charge in [0.2, 0.25) is 47.5 Å². The third-order valence-corrected chi connectivity index (χ3v) is 26.0. The molecule has 7 heterocycles. The largest absolute Gasteiger partial charge is 0.508 e. The van der Waals surface area contributed by atoms with Gasteiger partial charge in [0.1, 0.15) is 95.8 Å². The van der Waals surface area contributed by atoms with Gasteiger partial charge in [0.15, 0.2) is 41.2 Å². The predicted octanol–water partition coefficient (Wildman–Crippen LogP) is 7.24. The first-order chi connectivity index (χ1) is 59.0. The third-order valence-electron chi connectivity index (χ3n) is 25.5. The number of hydrogen-bond acceptors (Lipinski definition) is 27. The van der Waals surface area contributed by atoms with E-state index in [-0.39, 0.29) is 111 Å². The lowest BCUT2D eigenvalue weighted by Crippen LogP contribution is -2.64. The molecule has 0 aromatic heterocycles. The fraction of sp³-hybridized carbons (Fsp3) is 0.500. The molecule has 6 amide bonds. The van der Waals surface area contributed by atoms with Crippen molar-refractivity contribution in [2.24, 2.45) is 53.1 Å². The van der Waals surface area contributed by atoms with Crippen LogP contribution in [0.3, 0.4) is 0 Å². The number of carbonyl (C=O) groups is 9. The first kappa shape index (κ1) is 90.3. The summed E-state index contributed by atoms with van der Waals surface area (Å²) in [5.41, 5.74) is 3.87. The topological polar surface area (TPSA) is 507 Å². The van der Waals surface area contributed by atoms with Gasteiger partial charge in [-0.3, -0.25) is 48.5 Å². The second-order valence-electron chi connectivity index (χ2n) is 34.9. The summed E-state index contributed by atoms with van der Waals surface area (Å²) >= 11 is 14.6. The van der Waals surface area contributed by atoms with E-state index in [0.717, 1.165) is 68.5 Å². The Morgan fingerprint density at radius 2 is 1.32 bits per heavy atom. The Morgan fingerprint density at radius 3 is 1.94 bits per heavy atom. The van der Waals surface area contributed by atoms with Crippen LogP contribution in [0.25, 0.3) is 11.1 Å². The molecular formula is C90H104Cl2N6O26. The number of Topliss-reactive ketones (excluding diaryl/α,β-unsaturated/α-hetero) is 3. The van der Waals surface area contributed by atoms with Crippen LogP contribution in [0.2, 0.25) is 10.0 Å². The summed E-state index contributed by atoms with van der Waals surface area (Å²) in [6.07, 6.45) is -16.1. The Morgan fingerprint density at radius 1 is 0.677 bits per heavy atom. The van der Waals surface area contributed by atoms with Gasteiger partial charge in [-0.15, -0.1) is 0 Å². The number of benzene rings is 6. The maximum atomic E-state index is 16.8. The van der Waals surface area contributed by atoms with Crippen LogP contribution in [0.4, 0.5) is 0 Å². The molecule has 17 N–H and O–H groups in total. The first-order valence-corrected chi connectivity index (χ1v) is 42.7. The van der Waals surface area contributed by atoms with Gasteiger partial charge in [-0.05, 0) is 194 Å². The molecule has 4 saturated carbocycles. The van der Waals surface area contributed by atoms with Gasteiger partial charge in [-0.1, -0.05) is 74.3 Å². The van der Waals surface area contributed by atoms with Crippen molar-refractivity contribution in [3.8, 4) is 62.9 Å². The van der Waals surface area contributed by atoms with E-state index >= 15 is 28.8 Å². The highest BCUT2D eigenvalue weighted by atomic mass is 35.5. The number of ether oxygens (including phenoxy) is 7. The molecule has 0 radical (unpaired) electrons. The van der Waals surface area contributed by atoms with Gasteiger partial charge >= 0.3 is 0 Å².